The minimum Gasteiger partial charge on any atom is -0.508 e. The summed E-state index contributed by atoms with van der Waals surface area (Å²) in [5.74, 6) is -2.37. The third-order valence-electron chi connectivity index (χ3n) is 3.53. The number of phenols is 2. The van der Waals surface area contributed by atoms with E-state index in [1.165, 1.54) is 37.4 Å². The molecule has 1 heterocycles. The van der Waals surface area contributed by atoms with E-state index >= 15 is 0 Å². The molecule has 114 valence electrons. The van der Waals surface area contributed by atoms with Crippen LogP contribution in [0.4, 0.5) is 0 Å². The van der Waals surface area contributed by atoms with Gasteiger partial charge in [0.2, 0.25) is 5.78 Å². The van der Waals surface area contributed by atoms with E-state index < -0.39 is 11.6 Å². The summed E-state index contributed by atoms with van der Waals surface area (Å²) in [7, 11) is 1.43. The first-order valence-electron chi connectivity index (χ1n) is 6.58. The molecular formula is C16H14O6. The number of fused-ring (bicyclic) bond motifs is 1. The Balaban J connectivity index is 1.90. The van der Waals surface area contributed by atoms with Crippen molar-refractivity contribution in [3.63, 3.8) is 0 Å². The molecule has 0 aliphatic carbocycles. The Labute approximate surface area is 126 Å². The number of Topliss-reactive ketones (excluding diaryl/α,β-unsaturated/α-hetero) is 1. The van der Waals surface area contributed by atoms with Crippen LogP contribution < -0.4 is 9.47 Å². The van der Waals surface area contributed by atoms with Crippen LogP contribution in [0.25, 0.3) is 0 Å². The van der Waals surface area contributed by atoms with Crippen molar-refractivity contribution in [2.24, 2.45) is 0 Å². The van der Waals surface area contributed by atoms with E-state index in [9.17, 15) is 20.1 Å². The zero-order valence-corrected chi connectivity index (χ0v) is 11.7. The smallest absolute Gasteiger partial charge is 0.276 e. The summed E-state index contributed by atoms with van der Waals surface area (Å²) >= 11 is 0. The molecule has 0 spiro atoms. The van der Waals surface area contributed by atoms with Crippen molar-refractivity contribution in [2.75, 3.05) is 7.11 Å². The Bertz CT molecular complexity index is 754. The van der Waals surface area contributed by atoms with E-state index in [-0.39, 0.29) is 29.2 Å². The molecule has 6 heteroatoms. The Morgan fingerprint density at radius 2 is 1.95 bits per heavy atom. The predicted octanol–water partition coefficient (Wildman–Crippen LogP) is 1.61. The first-order valence-corrected chi connectivity index (χ1v) is 6.58. The molecule has 1 unspecified atom stereocenters. The van der Waals surface area contributed by atoms with Crippen LogP contribution >= 0.6 is 0 Å². The zero-order chi connectivity index (χ0) is 15.9. The maximum absolute atomic E-state index is 12.3. The number of hydrogen-bond acceptors (Lipinski definition) is 6. The maximum Gasteiger partial charge on any atom is 0.276 e. The van der Waals surface area contributed by atoms with Gasteiger partial charge in [-0.15, -0.1) is 0 Å². The lowest BCUT2D eigenvalue weighted by Gasteiger charge is -2.20. The van der Waals surface area contributed by atoms with E-state index in [2.05, 4.69) is 0 Å². The van der Waals surface area contributed by atoms with Crippen LogP contribution in [0.1, 0.15) is 15.9 Å². The van der Waals surface area contributed by atoms with Crippen LogP contribution in [0.5, 0.6) is 23.0 Å². The van der Waals surface area contributed by atoms with Gasteiger partial charge in [0.1, 0.15) is 11.5 Å². The van der Waals surface area contributed by atoms with Gasteiger partial charge in [-0.2, -0.15) is 0 Å². The van der Waals surface area contributed by atoms with Gasteiger partial charge in [-0.25, -0.2) is 0 Å². The van der Waals surface area contributed by atoms with Crippen molar-refractivity contribution < 1.29 is 29.6 Å². The standard InChI is InChI=1S/C16H14O6/c1-21-13-5-2-9(6-12(13)18)8-16(20)15(19)11-4-3-10(17)7-14(11)22-16/h2-7,17-18,20H,8H2,1H3. The van der Waals surface area contributed by atoms with Gasteiger partial charge >= 0.3 is 0 Å². The Morgan fingerprint density at radius 3 is 2.64 bits per heavy atom. The Morgan fingerprint density at radius 1 is 1.18 bits per heavy atom. The number of phenolic OH excluding ortho intramolecular Hbond substituents is 2. The number of ether oxygens (including phenoxy) is 2. The lowest BCUT2D eigenvalue weighted by Crippen LogP contribution is -2.42. The lowest BCUT2D eigenvalue weighted by molar-refractivity contribution is -0.0889. The molecule has 0 saturated carbocycles. The molecule has 22 heavy (non-hydrogen) atoms. The van der Waals surface area contributed by atoms with Gasteiger partial charge in [-0.1, -0.05) is 6.07 Å². The van der Waals surface area contributed by atoms with E-state index in [1.54, 1.807) is 6.07 Å². The van der Waals surface area contributed by atoms with E-state index in [1.807, 2.05) is 0 Å². The SMILES string of the molecule is COc1ccc(CC2(O)Oc3cc(O)ccc3C2=O)cc1O. The van der Waals surface area contributed by atoms with E-state index in [4.69, 9.17) is 9.47 Å². The van der Waals surface area contributed by atoms with Crippen molar-refractivity contribution in [1.29, 1.82) is 0 Å². The molecule has 0 bridgehead atoms. The molecule has 1 aliphatic rings. The molecule has 3 rings (SSSR count). The highest BCUT2D eigenvalue weighted by molar-refractivity contribution is 6.06. The molecule has 6 nitrogen and oxygen atoms in total. The first-order chi connectivity index (χ1) is 10.4. The number of ketones is 1. The van der Waals surface area contributed by atoms with Crippen LogP contribution in [0.3, 0.4) is 0 Å². The largest absolute Gasteiger partial charge is 0.508 e. The minimum absolute atomic E-state index is 0.0575. The summed E-state index contributed by atoms with van der Waals surface area (Å²) in [6, 6.07) is 8.58. The van der Waals surface area contributed by atoms with Gasteiger partial charge in [0.25, 0.3) is 5.79 Å². The molecule has 1 atom stereocenters. The highest BCUT2D eigenvalue weighted by atomic mass is 16.6. The number of rotatable bonds is 3. The second-order valence-electron chi connectivity index (χ2n) is 5.08. The molecule has 0 saturated heterocycles. The lowest BCUT2D eigenvalue weighted by atomic mass is 9.98. The predicted molar refractivity (Wildman–Crippen MR) is 76.4 cm³/mol. The molecule has 0 fully saturated rings. The molecule has 0 amide bonds. The maximum atomic E-state index is 12.3. The van der Waals surface area contributed by atoms with Crippen LogP contribution in [0.15, 0.2) is 36.4 Å². The van der Waals surface area contributed by atoms with Crippen molar-refractivity contribution in [1.82, 2.24) is 0 Å². The normalized spacial score (nSPS) is 19.6. The second-order valence-corrected chi connectivity index (χ2v) is 5.08. The van der Waals surface area contributed by atoms with Gasteiger partial charge in [-0.3, -0.25) is 4.79 Å². The van der Waals surface area contributed by atoms with Gasteiger partial charge in [-0.05, 0) is 29.8 Å². The topological polar surface area (TPSA) is 96.2 Å². The fourth-order valence-electron chi connectivity index (χ4n) is 2.46. The third-order valence-corrected chi connectivity index (χ3v) is 3.53. The molecule has 2 aromatic carbocycles. The van der Waals surface area contributed by atoms with Crippen molar-refractivity contribution in [3.8, 4) is 23.0 Å². The average molecular weight is 302 g/mol. The number of carbonyl (C=O) groups is 1. The molecule has 1 aliphatic heterocycles. The van der Waals surface area contributed by atoms with Gasteiger partial charge in [0.15, 0.2) is 11.5 Å². The number of aromatic hydroxyl groups is 2. The monoisotopic (exact) mass is 302 g/mol. The number of hydrogen-bond donors (Lipinski definition) is 3. The summed E-state index contributed by atoms with van der Waals surface area (Å²) in [5.41, 5.74) is 0.712. The number of benzene rings is 2. The summed E-state index contributed by atoms with van der Waals surface area (Å²) in [6.45, 7) is 0. The van der Waals surface area contributed by atoms with Crippen LogP contribution in [0, 0.1) is 0 Å². The first kappa shape index (κ1) is 14.2. The quantitative estimate of drug-likeness (QED) is 0.797. The summed E-state index contributed by atoms with van der Waals surface area (Å²) in [6.07, 6.45) is -0.140. The molecular weight excluding hydrogens is 288 g/mol. The van der Waals surface area contributed by atoms with Crippen molar-refractivity contribution in [2.45, 2.75) is 12.2 Å². The fraction of sp³-hybridized carbons (Fsp3) is 0.188. The van der Waals surface area contributed by atoms with E-state index in [0.717, 1.165) is 0 Å². The molecule has 2 aromatic rings. The van der Waals surface area contributed by atoms with Gasteiger partial charge in [0.05, 0.1) is 12.7 Å². The fourth-order valence-corrected chi connectivity index (χ4v) is 2.46. The molecule has 0 aromatic heterocycles. The summed E-state index contributed by atoms with van der Waals surface area (Å²) in [5, 5.41) is 29.7. The zero-order valence-electron chi connectivity index (χ0n) is 11.7. The van der Waals surface area contributed by atoms with Crippen molar-refractivity contribution >= 4 is 5.78 Å². The molecule has 3 N–H and O–H groups in total. The Kier molecular flexibility index (Phi) is 3.18. The van der Waals surface area contributed by atoms with Crippen molar-refractivity contribution in [3.05, 3.63) is 47.5 Å². The third kappa shape index (κ3) is 2.23. The van der Waals surface area contributed by atoms with Gasteiger partial charge < -0.3 is 24.8 Å². The summed E-state index contributed by atoms with van der Waals surface area (Å²) < 4.78 is 10.3. The van der Waals surface area contributed by atoms with E-state index in [0.29, 0.717) is 11.3 Å². The molecule has 0 radical (unpaired) electrons. The van der Waals surface area contributed by atoms with Crippen LogP contribution in [-0.4, -0.2) is 34.0 Å². The summed E-state index contributed by atoms with van der Waals surface area (Å²) in [4.78, 5) is 12.3. The highest BCUT2D eigenvalue weighted by Crippen LogP contribution is 2.38. The van der Waals surface area contributed by atoms with Gasteiger partial charge in [0, 0.05) is 12.5 Å². The average Bonchev–Trinajstić information content (AvgIpc) is 2.70. The highest BCUT2D eigenvalue weighted by Gasteiger charge is 2.46. The number of aliphatic hydroxyl groups is 1. The van der Waals surface area contributed by atoms with Crippen LogP contribution in [0.2, 0.25) is 0 Å². The Hall–Kier alpha value is -2.73. The minimum atomic E-state index is -2.06. The number of methoxy groups -OCH3 is 1. The number of carbonyl (C=O) groups excluding carboxylic acids is 1. The van der Waals surface area contributed by atoms with Crippen LogP contribution in [-0.2, 0) is 6.42 Å². The second kappa shape index (κ2) is 4.92.